The van der Waals surface area contributed by atoms with Crippen molar-refractivity contribution in [3.63, 3.8) is 0 Å². The number of hydrogen-bond acceptors (Lipinski definition) is 4. The van der Waals surface area contributed by atoms with Crippen molar-refractivity contribution in [1.29, 1.82) is 0 Å². The second kappa shape index (κ2) is 7.06. The van der Waals surface area contributed by atoms with E-state index in [1.807, 2.05) is 0 Å². The van der Waals surface area contributed by atoms with Crippen LogP contribution in [0.5, 0.6) is 5.75 Å². The van der Waals surface area contributed by atoms with Crippen LogP contribution in [0.3, 0.4) is 0 Å². The first-order chi connectivity index (χ1) is 10.1. The first-order valence-electron chi connectivity index (χ1n) is 6.35. The SMILES string of the molecule is CC(C)(C)OC(=O)N[C@H](C(=O)O)c1ccc(OC(F)F)cc1. The molecule has 0 bridgehead atoms. The molecule has 0 unspecified atom stereocenters. The van der Waals surface area contributed by atoms with Crippen molar-refractivity contribution >= 4 is 12.1 Å². The third kappa shape index (κ3) is 5.94. The Kier molecular flexibility index (Phi) is 5.67. The van der Waals surface area contributed by atoms with Crippen molar-refractivity contribution < 1.29 is 33.0 Å². The maximum absolute atomic E-state index is 12.0. The van der Waals surface area contributed by atoms with E-state index in [-0.39, 0.29) is 11.3 Å². The number of amides is 1. The van der Waals surface area contributed by atoms with Crippen molar-refractivity contribution in [2.75, 3.05) is 0 Å². The molecule has 0 radical (unpaired) electrons. The number of carboxylic acid groups (broad SMARTS) is 1. The van der Waals surface area contributed by atoms with Crippen LogP contribution >= 0.6 is 0 Å². The predicted octanol–water partition coefficient (Wildman–Crippen LogP) is 2.94. The molecule has 0 fully saturated rings. The standard InChI is InChI=1S/C14H17F2NO5/c1-14(2,3)22-13(20)17-10(11(18)19)8-4-6-9(7-5-8)21-12(15)16/h4-7,10,12H,1-3H3,(H,17,20)(H,18,19)/t10-/m0/s1. The maximum Gasteiger partial charge on any atom is 0.408 e. The second-order valence-corrected chi connectivity index (χ2v) is 5.37. The number of carbonyl (C=O) groups is 2. The Balaban J connectivity index is 2.83. The number of alkyl halides is 2. The number of benzene rings is 1. The molecule has 0 saturated heterocycles. The highest BCUT2D eigenvalue weighted by atomic mass is 19.3. The van der Waals surface area contributed by atoms with Gasteiger partial charge in [-0.15, -0.1) is 0 Å². The smallest absolute Gasteiger partial charge is 0.408 e. The van der Waals surface area contributed by atoms with E-state index in [9.17, 15) is 18.4 Å². The zero-order valence-electron chi connectivity index (χ0n) is 12.3. The lowest BCUT2D eigenvalue weighted by molar-refractivity contribution is -0.139. The van der Waals surface area contributed by atoms with Crippen molar-refractivity contribution in [1.82, 2.24) is 5.32 Å². The Labute approximate surface area is 126 Å². The molecule has 1 aromatic carbocycles. The molecule has 0 aliphatic rings. The Morgan fingerprint density at radius 2 is 1.73 bits per heavy atom. The molecule has 1 atom stereocenters. The van der Waals surface area contributed by atoms with Gasteiger partial charge in [0.1, 0.15) is 11.4 Å². The largest absolute Gasteiger partial charge is 0.479 e. The van der Waals surface area contributed by atoms with Crippen molar-refractivity contribution in [2.45, 2.75) is 39.0 Å². The highest BCUT2D eigenvalue weighted by Crippen LogP contribution is 2.20. The minimum atomic E-state index is -2.97. The summed E-state index contributed by atoms with van der Waals surface area (Å²) in [5, 5.41) is 11.4. The Morgan fingerprint density at radius 1 is 1.18 bits per heavy atom. The molecule has 0 spiro atoms. The summed E-state index contributed by atoms with van der Waals surface area (Å²) in [7, 11) is 0. The van der Waals surface area contributed by atoms with E-state index in [0.717, 1.165) is 0 Å². The molecule has 1 amide bonds. The van der Waals surface area contributed by atoms with Crippen LogP contribution in [0.4, 0.5) is 13.6 Å². The lowest BCUT2D eigenvalue weighted by Crippen LogP contribution is -2.38. The van der Waals surface area contributed by atoms with Crippen LogP contribution in [-0.2, 0) is 9.53 Å². The number of ether oxygens (including phenoxy) is 2. The third-order valence-electron chi connectivity index (χ3n) is 2.35. The van der Waals surface area contributed by atoms with Crippen LogP contribution in [0.25, 0.3) is 0 Å². The van der Waals surface area contributed by atoms with E-state index >= 15 is 0 Å². The Bertz CT molecular complexity index is 525. The number of alkyl carbamates (subject to hydrolysis) is 1. The van der Waals surface area contributed by atoms with Crippen LogP contribution in [-0.4, -0.2) is 29.4 Å². The van der Waals surface area contributed by atoms with Gasteiger partial charge in [0, 0.05) is 0 Å². The molecule has 2 N–H and O–H groups in total. The number of hydrogen-bond donors (Lipinski definition) is 2. The van der Waals surface area contributed by atoms with E-state index in [4.69, 9.17) is 9.84 Å². The van der Waals surface area contributed by atoms with Gasteiger partial charge < -0.3 is 19.9 Å². The molecule has 1 aromatic rings. The van der Waals surface area contributed by atoms with E-state index in [0.29, 0.717) is 0 Å². The lowest BCUT2D eigenvalue weighted by Gasteiger charge is -2.22. The van der Waals surface area contributed by atoms with Crippen molar-refractivity contribution in [3.05, 3.63) is 29.8 Å². The fraction of sp³-hybridized carbons (Fsp3) is 0.429. The number of carboxylic acids is 1. The van der Waals surface area contributed by atoms with Crippen LogP contribution in [0.1, 0.15) is 32.4 Å². The molecule has 22 heavy (non-hydrogen) atoms. The maximum atomic E-state index is 12.0. The van der Waals surface area contributed by atoms with E-state index < -0.39 is 30.3 Å². The molecule has 1 rings (SSSR count). The molecule has 0 aliphatic carbocycles. The topological polar surface area (TPSA) is 84.9 Å². The fourth-order valence-corrected chi connectivity index (χ4v) is 1.55. The summed E-state index contributed by atoms with van der Waals surface area (Å²) in [5.41, 5.74) is -0.581. The van der Waals surface area contributed by atoms with E-state index in [1.54, 1.807) is 20.8 Å². The molecule has 0 heterocycles. The number of nitrogens with one attached hydrogen (secondary N) is 1. The average molecular weight is 317 g/mol. The predicted molar refractivity (Wildman–Crippen MR) is 72.8 cm³/mol. The summed E-state index contributed by atoms with van der Waals surface area (Å²) in [4.78, 5) is 22.9. The van der Waals surface area contributed by atoms with Crippen LogP contribution in [0, 0.1) is 0 Å². The normalized spacial score (nSPS) is 12.6. The van der Waals surface area contributed by atoms with E-state index in [2.05, 4.69) is 10.1 Å². The van der Waals surface area contributed by atoms with Gasteiger partial charge >= 0.3 is 18.7 Å². The molecule has 122 valence electrons. The fourth-order valence-electron chi connectivity index (χ4n) is 1.55. The molecular weight excluding hydrogens is 300 g/mol. The second-order valence-electron chi connectivity index (χ2n) is 5.37. The first-order valence-corrected chi connectivity index (χ1v) is 6.35. The third-order valence-corrected chi connectivity index (χ3v) is 2.35. The first kappa shape index (κ1) is 17.7. The molecule has 0 saturated carbocycles. The highest BCUT2D eigenvalue weighted by Gasteiger charge is 2.25. The number of carbonyl (C=O) groups excluding carboxylic acids is 1. The summed E-state index contributed by atoms with van der Waals surface area (Å²) >= 11 is 0. The van der Waals surface area contributed by atoms with Gasteiger partial charge in [0.25, 0.3) is 0 Å². The zero-order chi connectivity index (χ0) is 16.9. The van der Waals surface area contributed by atoms with Gasteiger partial charge in [-0.1, -0.05) is 12.1 Å². The summed E-state index contributed by atoms with van der Waals surface area (Å²) in [5.74, 6) is -1.42. The number of rotatable bonds is 5. The summed E-state index contributed by atoms with van der Waals surface area (Å²) in [6.45, 7) is 1.94. The van der Waals surface area contributed by atoms with Crippen molar-refractivity contribution in [2.24, 2.45) is 0 Å². The molecular formula is C14H17F2NO5. The quantitative estimate of drug-likeness (QED) is 0.872. The van der Waals surface area contributed by atoms with Crippen LogP contribution < -0.4 is 10.1 Å². The summed E-state index contributed by atoms with van der Waals surface area (Å²) in [6.07, 6.45) is -0.896. The monoisotopic (exact) mass is 317 g/mol. The van der Waals surface area contributed by atoms with Crippen LogP contribution in [0.15, 0.2) is 24.3 Å². The van der Waals surface area contributed by atoms with E-state index in [1.165, 1.54) is 24.3 Å². The van der Waals surface area contributed by atoms with Gasteiger partial charge in [0.2, 0.25) is 0 Å². The Hall–Kier alpha value is -2.38. The van der Waals surface area contributed by atoms with Gasteiger partial charge in [-0.25, -0.2) is 9.59 Å². The van der Waals surface area contributed by atoms with Gasteiger partial charge in [-0.2, -0.15) is 8.78 Å². The lowest BCUT2D eigenvalue weighted by atomic mass is 10.1. The van der Waals surface area contributed by atoms with Gasteiger partial charge in [0.05, 0.1) is 0 Å². The van der Waals surface area contributed by atoms with Gasteiger partial charge in [-0.3, -0.25) is 0 Å². The highest BCUT2D eigenvalue weighted by molar-refractivity contribution is 5.81. The molecule has 0 aliphatic heterocycles. The van der Waals surface area contributed by atoms with Crippen LogP contribution in [0.2, 0.25) is 0 Å². The number of aliphatic carboxylic acids is 1. The summed E-state index contributed by atoms with van der Waals surface area (Å²) < 4.78 is 33.2. The average Bonchev–Trinajstić information content (AvgIpc) is 2.34. The molecule has 0 aromatic heterocycles. The Morgan fingerprint density at radius 3 is 2.14 bits per heavy atom. The van der Waals surface area contributed by atoms with Gasteiger partial charge in [0.15, 0.2) is 6.04 Å². The zero-order valence-corrected chi connectivity index (χ0v) is 12.3. The molecule has 6 nitrogen and oxygen atoms in total. The molecule has 8 heteroatoms. The summed E-state index contributed by atoms with van der Waals surface area (Å²) in [6, 6.07) is 3.56. The number of halogens is 2. The van der Waals surface area contributed by atoms with Gasteiger partial charge in [-0.05, 0) is 38.5 Å². The van der Waals surface area contributed by atoms with Crippen molar-refractivity contribution in [3.8, 4) is 5.75 Å². The minimum absolute atomic E-state index is 0.111. The minimum Gasteiger partial charge on any atom is -0.479 e.